The summed E-state index contributed by atoms with van der Waals surface area (Å²) in [5.74, 6) is 0.393. The number of nitrogens with one attached hydrogen (secondary N) is 1. The molecule has 0 radical (unpaired) electrons. The number of carbonyl (C=O) groups excluding carboxylic acids is 1. The Morgan fingerprint density at radius 2 is 1.92 bits per heavy atom. The third kappa shape index (κ3) is 4.27. The van der Waals surface area contributed by atoms with Crippen LogP contribution < -0.4 is 5.43 Å². The van der Waals surface area contributed by atoms with Crippen molar-refractivity contribution in [2.45, 2.75) is 38.5 Å². The third-order valence-electron chi connectivity index (χ3n) is 4.59. The maximum Gasteiger partial charge on any atom is 0.243 e. The topological polar surface area (TPSA) is 61.7 Å². The Kier molecular flexibility index (Phi) is 4.62. The van der Waals surface area contributed by atoms with E-state index in [9.17, 15) is 9.90 Å². The molecule has 0 aromatic heterocycles. The number of carbonyl (C=O) groups is 1. The van der Waals surface area contributed by atoms with Gasteiger partial charge in [-0.25, -0.2) is 5.43 Å². The Morgan fingerprint density at radius 1 is 1.20 bits per heavy atom. The van der Waals surface area contributed by atoms with Gasteiger partial charge in [0.1, 0.15) is 5.75 Å². The molecule has 1 fully saturated rings. The molecule has 2 aromatic carbocycles. The summed E-state index contributed by atoms with van der Waals surface area (Å²) in [5, 5.41) is 13.4. The van der Waals surface area contributed by atoms with Gasteiger partial charge < -0.3 is 5.11 Å². The molecular weight excluding hydrogens is 312 g/mol. The van der Waals surface area contributed by atoms with Crippen molar-refractivity contribution in [3.63, 3.8) is 0 Å². The molecule has 0 bridgehead atoms. The number of hydrazone groups is 1. The average Bonchev–Trinajstić information content (AvgIpc) is 3.35. The van der Waals surface area contributed by atoms with Crippen LogP contribution in [0.5, 0.6) is 5.75 Å². The monoisotopic (exact) mass is 336 g/mol. The van der Waals surface area contributed by atoms with E-state index in [1.807, 2.05) is 6.07 Å². The molecule has 0 spiro atoms. The van der Waals surface area contributed by atoms with E-state index >= 15 is 0 Å². The third-order valence-corrected chi connectivity index (χ3v) is 4.59. The number of benzene rings is 2. The Labute approximate surface area is 148 Å². The number of rotatable bonds is 4. The maximum atomic E-state index is 12.2. The fourth-order valence-corrected chi connectivity index (χ4v) is 2.94. The maximum absolute atomic E-state index is 12.2. The number of hydrogen-bond donors (Lipinski definition) is 2. The Balaban J connectivity index is 1.55. The molecule has 4 nitrogen and oxygen atoms in total. The second kappa shape index (κ2) is 6.71. The first-order chi connectivity index (χ1) is 11.8. The molecule has 25 heavy (non-hydrogen) atoms. The molecule has 2 aromatic rings. The van der Waals surface area contributed by atoms with Gasteiger partial charge in [-0.1, -0.05) is 57.2 Å². The van der Waals surface area contributed by atoms with E-state index in [0.29, 0.717) is 0 Å². The smallest absolute Gasteiger partial charge is 0.243 e. The molecule has 4 heteroatoms. The Bertz CT molecular complexity index is 788. The lowest BCUT2D eigenvalue weighted by molar-refractivity contribution is -0.122. The van der Waals surface area contributed by atoms with Crippen LogP contribution >= 0.6 is 0 Å². The van der Waals surface area contributed by atoms with Gasteiger partial charge in [-0.3, -0.25) is 4.79 Å². The minimum atomic E-state index is -0.0544. The van der Waals surface area contributed by atoms with E-state index < -0.39 is 0 Å². The Morgan fingerprint density at radius 3 is 2.56 bits per heavy atom. The van der Waals surface area contributed by atoms with E-state index in [-0.39, 0.29) is 28.9 Å². The van der Waals surface area contributed by atoms with E-state index in [2.05, 4.69) is 55.6 Å². The van der Waals surface area contributed by atoms with Crippen LogP contribution in [0.15, 0.2) is 53.6 Å². The van der Waals surface area contributed by atoms with Crippen LogP contribution in [-0.4, -0.2) is 17.2 Å². The summed E-state index contributed by atoms with van der Waals surface area (Å²) in [7, 11) is 0. The number of phenolic OH excluding ortho intramolecular Hbond substituents is 1. The predicted octanol–water partition coefficient (Wildman–Crippen LogP) is 3.94. The molecular formula is C21H24N2O2. The number of hydrogen-bond acceptors (Lipinski definition) is 3. The summed E-state index contributed by atoms with van der Waals surface area (Å²) >= 11 is 0. The molecule has 0 aliphatic heterocycles. The first-order valence-electron chi connectivity index (χ1n) is 8.57. The van der Waals surface area contributed by atoms with Gasteiger partial charge >= 0.3 is 0 Å². The second-order valence-corrected chi connectivity index (χ2v) is 7.65. The zero-order valence-corrected chi connectivity index (χ0v) is 14.9. The first kappa shape index (κ1) is 17.2. The highest BCUT2D eigenvalue weighted by molar-refractivity contribution is 5.85. The van der Waals surface area contributed by atoms with Gasteiger partial charge in [-0.2, -0.15) is 5.10 Å². The molecule has 1 aliphatic carbocycles. The molecule has 1 aliphatic rings. The van der Waals surface area contributed by atoms with Crippen LogP contribution in [0.25, 0.3) is 0 Å². The molecule has 130 valence electrons. The van der Waals surface area contributed by atoms with E-state index in [4.69, 9.17) is 0 Å². The van der Waals surface area contributed by atoms with Crippen molar-refractivity contribution in [3.8, 4) is 5.75 Å². The van der Waals surface area contributed by atoms with Crippen molar-refractivity contribution in [2.75, 3.05) is 0 Å². The van der Waals surface area contributed by atoms with Gasteiger partial charge in [-0.15, -0.1) is 0 Å². The zero-order chi connectivity index (χ0) is 18.0. The van der Waals surface area contributed by atoms with Crippen molar-refractivity contribution >= 4 is 12.1 Å². The highest BCUT2D eigenvalue weighted by atomic mass is 16.3. The van der Waals surface area contributed by atoms with Crippen molar-refractivity contribution in [1.82, 2.24) is 5.43 Å². The largest absolute Gasteiger partial charge is 0.508 e. The molecule has 1 amide bonds. The molecule has 0 heterocycles. The molecule has 3 rings (SSSR count). The van der Waals surface area contributed by atoms with Crippen LogP contribution in [0.3, 0.4) is 0 Å². The van der Waals surface area contributed by atoms with Crippen LogP contribution in [0.4, 0.5) is 0 Å². The van der Waals surface area contributed by atoms with Crippen LogP contribution in [0.2, 0.25) is 0 Å². The van der Waals surface area contributed by atoms with E-state index in [0.717, 1.165) is 12.0 Å². The summed E-state index contributed by atoms with van der Waals surface area (Å²) < 4.78 is 0. The van der Waals surface area contributed by atoms with Crippen molar-refractivity contribution in [3.05, 3.63) is 65.2 Å². The summed E-state index contributed by atoms with van der Waals surface area (Å²) in [6.45, 7) is 6.58. The molecule has 0 saturated heterocycles. The molecule has 0 unspecified atom stereocenters. The van der Waals surface area contributed by atoms with Gasteiger partial charge in [0.05, 0.1) is 6.21 Å². The highest BCUT2D eigenvalue weighted by Gasteiger charge is 2.43. The lowest BCUT2D eigenvalue weighted by Crippen LogP contribution is -2.20. The predicted molar refractivity (Wildman–Crippen MR) is 99.8 cm³/mol. The summed E-state index contributed by atoms with van der Waals surface area (Å²) in [6.07, 6.45) is 2.40. The average molecular weight is 336 g/mol. The summed E-state index contributed by atoms with van der Waals surface area (Å²) in [6, 6.07) is 15.3. The molecule has 1 saturated carbocycles. The van der Waals surface area contributed by atoms with Gasteiger partial charge in [0.25, 0.3) is 0 Å². The summed E-state index contributed by atoms with van der Waals surface area (Å²) in [5.41, 5.74) is 5.99. The Hall–Kier alpha value is -2.62. The van der Waals surface area contributed by atoms with E-state index in [1.54, 1.807) is 18.2 Å². The minimum absolute atomic E-state index is 0.0122. The molecule has 2 atom stereocenters. The van der Waals surface area contributed by atoms with Gasteiger partial charge in [0.15, 0.2) is 0 Å². The second-order valence-electron chi connectivity index (χ2n) is 7.65. The highest BCUT2D eigenvalue weighted by Crippen LogP contribution is 2.47. The lowest BCUT2D eigenvalue weighted by Gasteiger charge is -2.19. The lowest BCUT2D eigenvalue weighted by atomic mass is 9.86. The zero-order valence-electron chi connectivity index (χ0n) is 14.9. The van der Waals surface area contributed by atoms with Crippen molar-refractivity contribution in [2.24, 2.45) is 11.0 Å². The van der Waals surface area contributed by atoms with Gasteiger partial charge in [0, 0.05) is 5.92 Å². The number of amides is 1. The molecule has 2 N–H and O–H groups in total. The minimum Gasteiger partial charge on any atom is -0.508 e. The van der Waals surface area contributed by atoms with Gasteiger partial charge in [0.2, 0.25) is 5.91 Å². The van der Waals surface area contributed by atoms with Crippen LogP contribution in [0.1, 0.15) is 49.8 Å². The van der Waals surface area contributed by atoms with Gasteiger partial charge in [-0.05, 0) is 46.6 Å². The number of phenols is 1. The van der Waals surface area contributed by atoms with Crippen LogP contribution in [0, 0.1) is 5.92 Å². The normalized spacial score (nSPS) is 19.8. The number of nitrogens with zero attached hydrogens (tertiary/aromatic N) is 1. The number of aromatic hydroxyl groups is 1. The van der Waals surface area contributed by atoms with Crippen molar-refractivity contribution in [1.29, 1.82) is 0 Å². The van der Waals surface area contributed by atoms with E-state index in [1.165, 1.54) is 17.3 Å². The quantitative estimate of drug-likeness (QED) is 0.656. The fraction of sp³-hybridized carbons (Fsp3) is 0.333. The first-order valence-corrected chi connectivity index (χ1v) is 8.57. The van der Waals surface area contributed by atoms with Crippen LogP contribution in [-0.2, 0) is 10.2 Å². The standard InChI is InChI=1S/C21H24N2O2/c1-21(2,3)16-9-7-15(8-10-16)18-12-19(18)20(25)23-22-13-14-5-4-6-17(24)11-14/h4-11,13,18-19,24H,12H2,1-3H3,(H,23,25)/t18-,19-/m0/s1. The van der Waals surface area contributed by atoms with Crippen molar-refractivity contribution < 1.29 is 9.90 Å². The summed E-state index contributed by atoms with van der Waals surface area (Å²) in [4.78, 5) is 12.2. The fourth-order valence-electron chi connectivity index (χ4n) is 2.94. The SMILES string of the molecule is CC(C)(C)c1ccc([C@@H]2C[C@@H]2C(=O)NN=Cc2cccc(O)c2)cc1.